The zero-order valence-corrected chi connectivity index (χ0v) is 18.7. The van der Waals surface area contributed by atoms with Crippen molar-refractivity contribution < 1.29 is 28.2 Å². The normalized spacial score (nSPS) is 11.8. The zero-order valence-electron chi connectivity index (χ0n) is 17.9. The van der Waals surface area contributed by atoms with Crippen LogP contribution in [0.2, 0.25) is 0 Å². The highest BCUT2D eigenvalue weighted by Gasteiger charge is 2.17. The highest BCUT2D eigenvalue weighted by atomic mass is 32.1. The summed E-state index contributed by atoms with van der Waals surface area (Å²) >= 11 is 1.28. The van der Waals surface area contributed by atoms with Crippen molar-refractivity contribution in [2.75, 3.05) is 20.3 Å². The molecule has 9 heteroatoms. The Hall–Kier alpha value is -3.59. The molecule has 0 spiro atoms. The van der Waals surface area contributed by atoms with Gasteiger partial charge in [-0.3, -0.25) is 9.59 Å². The molecule has 0 aliphatic carbocycles. The van der Waals surface area contributed by atoms with Gasteiger partial charge in [0.05, 0.1) is 30.5 Å². The van der Waals surface area contributed by atoms with Gasteiger partial charge in [0, 0.05) is 5.39 Å². The molecule has 0 bridgehead atoms. The molecule has 0 saturated carbocycles. The summed E-state index contributed by atoms with van der Waals surface area (Å²) < 4.78 is 24.2. The van der Waals surface area contributed by atoms with Crippen LogP contribution in [0.25, 0.3) is 21.2 Å². The van der Waals surface area contributed by atoms with Crippen molar-refractivity contribution in [2.24, 2.45) is 4.99 Å². The topological polar surface area (TPSA) is 92.3 Å². The van der Waals surface area contributed by atoms with E-state index in [-0.39, 0.29) is 18.9 Å². The molecule has 0 fully saturated rings. The Balaban J connectivity index is 1.79. The Bertz CT molecular complexity index is 1360. The number of methoxy groups -OCH3 is 1. The van der Waals surface area contributed by atoms with Crippen LogP contribution in [0.4, 0.5) is 0 Å². The van der Waals surface area contributed by atoms with E-state index >= 15 is 0 Å². The Labute approximate surface area is 187 Å². The first-order chi connectivity index (χ1) is 15.5. The molecule has 0 aliphatic heterocycles. The number of amides is 1. The van der Waals surface area contributed by atoms with Crippen molar-refractivity contribution >= 4 is 44.4 Å². The van der Waals surface area contributed by atoms with Crippen LogP contribution in [0.1, 0.15) is 24.4 Å². The van der Waals surface area contributed by atoms with Crippen molar-refractivity contribution in [3.05, 3.63) is 53.0 Å². The van der Waals surface area contributed by atoms with Gasteiger partial charge in [0.15, 0.2) is 21.9 Å². The minimum absolute atomic E-state index is 0.0686. The molecule has 4 rings (SSSR count). The second-order valence-corrected chi connectivity index (χ2v) is 7.75. The van der Waals surface area contributed by atoms with Crippen LogP contribution in [0.3, 0.4) is 0 Å². The fourth-order valence-corrected chi connectivity index (χ4v) is 4.36. The van der Waals surface area contributed by atoms with E-state index in [0.717, 1.165) is 15.6 Å². The summed E-state index contributed by atoms with van der Waals surface area (Å²) in [5, 5.41) is 0.745. The summed E-state index contributed by atoms with van der Waals surface area (Å²) in [4.78, 5) is 29.8. The molecule has 0 aliphatic rings. The summed E-state index contributed by atoms with van der Waals surface area (Å²) in [5.41, 5.74) is 1.24. The number of thiazole rings is 1. The van der Waals surface area contributed by atoms with Crippen LogP contribution in [0, 0.1) is 0 Å². The average molecular weight is 455 g/mol. The number of fused-ring (bicyclic) bond motifs is 2. The number of furan rings is 1. The molecule has 2 aromatic carbocycles. The highest BCUT2D eigenvalue weighted by molar-refractivity contribution is 7.16. The van der Waals surface area contributed by atoms with Crippen molar-refractivity contribution in [3.8, 4) is 11.5 Å². The van der Waals surface area contributed by atoms with Crippen molar-refractivity contribution in [2.45, 2.75) is 20.4 Å². The van der Waals surface area contributed by atoms with Gasteiger partial charge in [0.1, 0.15) is 12.3 Å². The monoisotopic (exact) mass is 454 g/mol. The van der Waals surface area contributed by atoms with Gasteiger partial charge >= 0.3 is 11.9 Å². The first-order valence-electron chi connectivity index (χ1n) is 10.1. The van der Waals surface area contributed by atoms with E-state index in [0.29, 0.717) is 28.5 Å². The number of benzene rings is 2. The quantitative estimate of drug-likeness (QED) is 0.389. The third-order valence-electron chi connectivity index (χ3n) is 4.70. The van der Waals surface area contributed by atoms with Crippen LogP contribution in [-0.4, -0.2) is 36.8 Å². The fourth-order valence-electron chi connectivity index (χ4n) is 3.31. The van der Waals surface area contributed by atoms with Gasteiger partial charge in [-0.15, -0.1) is 0 Å². The predicted octanol–water partition coefficient (Wildman–Crippen LogP) is 4.16. The third-order valence-corrected chi connectivity index (χ3v) is 5.74. The Morgan fingerprint density at radius 3 is 2.72 bits per heavy atom. The molecule has 32 heavy (non-hydrogen) atoms. The molecule has 2 aromatic heterocycles. The SMILES string of the molecule is CCOC(=O)Cn1c(=NC(=O)c2cc3cccc(OCC)c3o2)sc2cc(OC)ccc21. The van der Waals surface area contributed by atoms with Crippen LogP contribution in [0.15, 0.2) is 51.9 Å². The molecule has 166 valence electrons. The summed E-state index contributed by atoms with van der Waals surface area (Å²) in [6.45, 7) is 4.29. The largest absolute Gasteiger partial charge is 0.497 e. The van der Waals surface area contributed by atoms with Crippen LogP contribution in [0.5, 0.6) is 11.5 Å². The lowest BCUT2D eigenvalue weighted by molar-refractivity contribution is -0.143. The number of aromatic nitrogens is 1. The van der Waals surface area contributed by atoms with Crippen LogP contribution in [-0.2, 0) is 16.1 Å². The van der Waals surface area contributed by atoms with E-state index in [4.69, 9.17) is 18.6 Å². The minimum Gasteiger partial charge on any atom is -0.497 e. The Morgan fingerprint density at radius 2 is 1.97 bits per heavy atom. The molecule has 0 radical (unpaired) electrons. The van der Waals surface area contributed by atoms with Gasteiger partial charge < -0.3 is 23.2 Å². The summed E-state index contributed by atoms with van der Waals surface area (Å²) in [7, 11) is 1.58. The number of ether oxygens (including phenoxy) is 3. The maximum absolute atomic E-state index is 13.0. The molecule has 8 nitrogen and oxygen atoms in total. The number of carbonyl (C=O) groups excluding carboxylic acids is 2. The van der Waals surface area contributed by atoms with Gasteiger partial charge in [-0.25, -0.2) is 0 Å². The van der Waals surface area contributed by atoms with Gasteiger partial charge in [-0.05, 0) is 44.2 Å². The second kappa shape index (κ2) is 9.27. The van der Waals surface area contributed by atoms with Crippen LogP contribution >= 0.6 is 11.3 Å². The molecule has 0 unspecified atom stereocenters. The summed E-state index contributed by atoms with van der Waals surface area (Å²) in [5.74, 6) is 0.350. The third kappa shape index (κ3) is 4.24. The number of para-hydroxylation sites is 1. The van der Waals surface area contributed by atoms with Gasteiger partial charge in [0.2, 0.25) is 0 Å². The number of hydrogen-bond acceptors (Lipinski definition) is 7. The first-order valence-corrected chi connectivity index (χ1v) is 10.9. The Kier molecular flexibility index (Phi) is 6.27. The van der Waals surface area contributed by atoms with E-state index in [1.54, 1.807) is 36.8 Å². The lowest BCUT2D eigenvalue weighted by Crippen LogP contribution is -2.23. The van der Waals surface area contributed by atoms with Crippen molar-refractivity contribution in [1.82, 2.24) is 4.57 Å². The molecule has 1 amide bonds. The van der Waals surface area contributed by atoms with Crippen molar-refractivity contribution in [3.63, 3.8) is 0 Å². The Morgan fingerprint density at radius 1 is 1.12 bits per heavy atom. The summed E-state index contributed by atoms with van der Waals surface area (Å²) in [6.07, 6.45) is 0. The van der Waals surface area contributed by atoms with Crippen molar-refractivity contribution in [1.29, 1.82) is 0 Å². The summed E-state index contributed by atoms with van der Waals surface area (Å²) in [6, 6.07) is 12.5. The number of carbonyl (C=O) groups is 2. The van der Waals surface area contributed by atoms with E-state index in [1.165, 1.54) is 11.3 Å². The van der Waals surface area contributed by atoms with Gasteiger partial charge in [0.25, 0.3) is 0 Å². The highest BCUT2D eigenvalue weighted by Crippen LogP contribution is 2.29. The van der Waals surface area contributed by atoms with Gasteiger partial charge in [-0.1, -0.05) is 23.5 Å². The van der Waals surface area contributed by atoms with Gasteiger partial charge in [-0.2, -0.15) is 4.99 Å². The number of rotatable bonds is 7. The van der Waals surface area contributed by atoms with E-state index in [1.807, 2.05) is 31.2 Å². The van der Waals surface area contributed by atoms with E-state index in [9.17, 15) is 9.59 Å². The number of nitrogens with zero attached hydrogens (tertiary/aromatic N) is 2. The molecule has 0 saturated heterocycles. The second-order valence-electron chi connectivity index (χ2n) is 6.74. The average Bonchev–Trinajstić information content (AvgIpc) is 3.36. The lowest BCUT2D eigenvalue weighted by Gasteiger charge is -2.05. The smallest absolute Gasteiger partial charge is 0.326 e. The molecule has 0 N–H and O–H groups in total. The molecule has 2 heterocycles. The zero-order chi connectivity index (χ0) is 22.7. The number of hydrogen-bond donors (Lipinski definition) is 0. The molecule has 0 atom stereocenters. The lowest BCUT2D eigenvalue weighted by atomic mass is 10.2. The van der Waals surface area contributed by atoms with E-state index < -0.39 is 11.9 Å². The van der Waals surface area contributed by atoms with E-state index in [2.05, 4.69) is 4.99 Å². The maximum Gasteiger partial charge on any atom is 0.326 e. The predicted molar refractivity (Wildman–Crippen MR) is 120 cm³/mol. The first kappa shape index (κ1) is 21.6. The molecule has 4 aromatic rings. The fraction of sp³-hybridized carbons (Fsp3) is 0.261. The minimum atomic E-state index is -0.556. The molecular weight excluding hydrogens is 432 g/mol. The van der Waals surface area contributed by atoms with Crippen LogP contribution < -0.4 is 14.3 Å². The molecular formula is C23H22N2O6S. The number of esters is 1. The maximum atomic E-state index is 13.0. The standard InChI is InChI=1S/C23H22N2O6S/c1-4-29-17-8-6-7-14-11-18(31-21(14)17)22(27)24-23-25(13-20(26)30-5-2)16-10-9-15(28-3)12-19(16)32-23/h6-12H,4-5,13H2,1-3H3.